The number of alkyl carbamates (subject to hydrolysis) is 1. The van der Waals surface area contributed by atoms with Crippen LogP contribution >= 0.6 is 0 Å². The number of hydrogen-bond acceptors (Lipinski definition) is 9. The molecule has 4 aliphatic rings. The second kappa shape index (κ2) is 16.6. The number of hydrogen-bond donors (Lipinski definition) is 3. The number of sulfonamides is 1. The number of halogens is 1. The molecule has 5 amide bonds. The van der Waals surface area contributed by atoms with Gasteiger partial charge in [-0.3, -0.25) is 24.0 Å². The molecule has 3 N–H and O–H groups in total. The van der Waals surface area contributed by atoms with Crippen molar-refractivity contribution in [3.8, 4) is 0 Å². The fourth-order valence-electron chi connectivity index (χ4n) is 8.13. The van der Waals surface area contributed by atoms with E-state index in [2.05, 4.69) is 15.4 Å². The number of carbonyl (C=O) groups excluding carboxylic acids is 5. The topological polar surface area (TPSA) is 181 Å². The first-order chi connectivity index (χ1) is 26.8. The maximum atomic E-state index is 14.5. The van der Waals surface area contributed by atoms with Gasteiger partial charge in [0, 0.05) is 18.5 Å². The molecule has 2 aromatic rings. The largest absolute Gasteiger partial charge is 0.444 e. The zero-order chi connectivity index (χ0) is 41.3. The second-order valence-corrected chi connectivity index (χ2v) is 18.7. The van der Waals surface area contributed by atoms with E-state index in [1.807, 2.05) is 19.9 Å². The molecule has 5 atom stereocenters. The van der Waals surface area contributed by atoms with Crippen molar-refractivity contribution in [1.82, 2.24) is 25.2 Å². The van der Waals surface area contributed by atoms with Gasteiger partial charge in [0.2, 0.25) is 21.8 Å². The first kappa shape index (κ1) is 41.9. The van der Waals surface area contributed by atoms with E-state index in [1.54, 1.807) is 45.0 Å². The molecule has 3 aliphatic heterocycles. The predicted octanol–water partition coefficient (Wildman–Crippen LogP) is 5.02. The minimum atomic E-state index is -4.17. The zero-order valence-electron chi connectivity index (χ0n) is 33.3. The maximum Gasteiger partial charge on any atom is 0.410 e. The zero-order valence-corrected chi connectivity index (χ0v) is 34.1. The van der Waals surface area contributed by atoms with Crippen LogP contribution in [0.5, 0.6) is 0 Å². The molecule has 0 spiro atoms. The lowest BCUT2D eigenvalue weighted by atomic mass is 10.0. The van der Waals surface area contributed by atoms with Crippen molar-refractivity contribution in [3.05, 3.63) is 70.0 Å². The summed E-state index contributed by atoms with van der Waals surface area (Å²) in [5.41, 5.74) is 1.06. The summed E-state index contributed by atoms with van der Waals surface area (Å²) in [5.74, 6) is -3.37. The number of nitrogens with one attached hydrogen (secondary N) is 3. The van der Waals surface area contributed by atoms with E-state index in [0.717, 1.165) is 36.8 Å². The molecule has 1 aliphatic carbocycles. The highest BCUT2D eigenvalue weighted by atomic mass is 32.2. The van der Waals surface area contributed by atoms with Crippen LogP contribution in [0.2, 0.25) is 0 Å². The molecule has 57 heavy (non-hydrogen) atoms. The van der Waals surface area contributed by atoms with Gasteiger partial charge in [-0.2, -0.15) is 0 Å². The van der Waals surface area contributed by atoms with Crippen LogP contribution in [0.1, 0.15) is 106 Å². The lowest BCUT2D eigenvalue weighted by Gasteiger charge is -2.30. The van der Waals surface area contributed by atoms with E-state index >= 15 is 0 Å². The normalized spacial score (nSPS) is 25.5. The highest BCUT2D eigenvalue weighted by molar-refractivity contribution is 7.89. The van der Waals surface area contributed by atoms with Gasteiger partial charge in [-0.05, 0) is 88.1 Å². The molecule has 3 heterocycles. The smallest absolute Gasteiger partial charge is 0.410 e. The number of aryl methyl sites for hydroxylation is 2. The van der Waals surface area contributed by atoms with Gasteiger partial charge < -0.3 is 25.0 Å². The fraction of sp³-hybridized carbons (Fsp3) is 0.585. The number of rotatable bonds is 6. The van der Waals surface area contributed by atoms with Crippen LogP contribution in [0.25, 0.3) is 0 Å². The van der Waals surface area contributed by atoms with Crippen LogP contribution in [-0.4, -0.2) is 84.0 Å². The van der Waals surface area contributed by atoms with Gasteiger partial charge in [0.15, 0.2) is 0 Å². The van der Waals surface area contributed by atoms with Gasteiger partial charge in [-0.1, -0.05) is 62.4 Å². The molecule has 0 unspecified atom stereocenters. The Hall–Kier alpha value is -4.73. The van der Waals surface area contributed by atoms with Crippen molar-refractivity contribution in [1.29, 1.82) is 0 Å². The lowest BCUT2D eigenvalue weighted by molar-refractivity contribution is -0.141. The average Bonchev–Trinajstić information content (AvgIpc) is 3.40. The monoisotopic (exact) mass is 811 g/mol. The van der Waals surface area contributed by atoms with Crippen molar-refractivity contribution >= 4 is 39.9 Å². The van der Waals surface area contributed by atoms with Crippen LogP contribution < -0.4 is 15.4 Å². The molecule has 310 valence electrons. The molecule has 2 aromatic carbocycles. The summed E-state index contributed by atoms with van der Waals surface area (Å²) < 4.78 is 54.7. The first-order valence-electron chi connectivity index (χ1n) is 19.8. The Morgan fingerprint density at radius 2 is 1.70 bits per heavy atom. The highest BCUT2D eigenvalue weighted by Crippen LogP contribution is 2.48. The molecule has 0 radical (unpaired) electrons. The third kappa shape index (κ3) is 10.1. The molecule has 0 bridgehead atoms. The molecular formula is C41H54FN5O9S. The quantitative estimate of drug-likeness (QED) is 0.361. The van der Waals surface area contributed by atoms with Gasteiger partial charge >= 0.3 is 12.2 Å². The highest BCUT2D eigenvalue weighted by Gasteiger charge is 2.62. The Labute approximate surface area is 333 Å². The summed E-state index contributed by atoms with van der Waals surface area (Å²) in [7, 11) is -4.17. The van der Waals surface area contributed by atoms with E-state index in [1.165, 1.54) is 15.9 Å². The van der Waals surface area contributed by atoms with Gasteiger partial charge in [-0.15, -0.1) is 0 Å². The summed E-state index contributed by atoms with van der Waals surface area (Å²) in [5, 5.41) is 5.54. The molecular weight excluding hydrogens is 758 g/mol. The maximum absolute atomic E-state index is 14.5. The molecule has 14 nitrogen and oxygen atoms in total. The van der Waals surface area contributed by atoms with Crippen LogP contribution in [0.3, 0.4) is 0 Å². The summed E-state index contributed by atoms with van der Waals surface area (Å²) in [6.07, 6.45) is 2.12. The van der Waals surface area contributed by atoms with Crippen molar-refractivity contribution in [3.63, 3.8) is 0 Å². The average molecular weight is 812 g/mol. The summed E-state index contributed by atoms with van der Waals surface area (Å²) in [6, 6.07) is 7.55. The summed E-state index contributed by atoms with van der Waals surface area (Å²) in [6.45, 7) is 8.80. The van der Waals surface area contributed by atoms with Crippen molar-refractivity contribution in [2.24, 2.45) is 5.92 Å². The Kier molecular flexibility index (Phi) is 12.2. The van der Waals surface area contributed by atoms with E-state index in [0.29, 0.717) is 29.5 Å². The number of fused-ring (bicyclic) bond motifs is 3. The standard InChI is InChI=1S/C41H54FN5O9S/c1-25-16-17-27(18-26(25)2)24-57(53,54)45-37(50)41-20-29(41)13-9-7-6-8-10-15-33(43-38(51)56-40(3,4)5)36(49)47-22-30(19-34(47)35(48)44-41)55-39(52)46-21-28-12-11-14-32(42)31(28)23-46/h11-12,14,16-18,29-30,33-34H,6-10,13,15,19-24H2,1-5H3,(H,43,51)(H,44,48)(H,45,50)/t29-,30-,33+,34+,41-/m1/s1. The van der Waals surface area contributed by atoms with E-state index in [-0.39, 0.29) is 44.8 Å². The number of benzene rings is 2. The molecule has 6 rings (SSSR count). The molecule has 1 saturated carbocycles. The minimum absolute atomic E-state index is 0.00650. The van der Waals surface area contributed by atoms with Gasteiger partial charge in [-0.25, -0.2) is 22.4 Å². The lowest BCUT2D eigenvalue weighted by Crippen LogP contribution is -2.58. The Balaban J connectivity index is 1.24. The summed E-state index contributed by atoms with van der Waals surface area (Å²) >= 11 is 0. The number of amides is 5. The van der Waals surface area contributed by atoms with Gasteiger partial charge in [0.1, 0.15) is 35.1 Å². The van der Waals surface area contributed by atoms with E-state index < -0.39 is 80.8 Å². The molecule has 0 aromatic heterocycles. The third-order valence-corrected chi connectivity index (χ3v) is 12.6. The van der Waals surface area contributed by atoms with E-state index in [4.69, 9.17) is 9.47 Å². The van der Waals surface area contributed by atoms with Gasteiger partial charge in [0.25, 0.3) is 5.91 Å². The fourth-order valence-corrected chi connectivity index (χ4v) is 9.28. The number of carbonyl (C=O) groups is 5. The van der Waals surface area contributed by atoms with Gasteiger partial charge in [0.05, 0.1) is 18.8 Å². The number of ether oxygens (including phenoxy) is 2. The van der Waals surface area contributed by atoms with Crippen LogP contribution in [0.4, 0.5) is 14.0 Å². The molecule has 16 heteroatoms. The minimum Gasteiger partial charge on any atom is -0.444 e. The molecule has 2 saturated heterocycles. The Morgan fingerprint density at radius 3 is 2.40 bits per heavy atom. The van der Waals surface area contributed by atoms with E-state index in [9.17, 15) is 36.8 Å². The Bertz CT molecular complexity index is 2020. The summed E-state index contributed by atoms with van der Waals surface area (Å²) in [4.78, 5) is 71.8. The number of nitrogens with zero attached hydrogens (tertiary/aromatic N) is 2. The van der Waals surface area contributed by atoms with Crippen LogP contribution in [-0.2, 0) is 52.7 Å². The SMILES string of the molecule is Cc1ccc(CS(=O)(=O)NC(=O)[C@@]23C[C@H]2CCCCCCC[C@H](NC(=O)OC(C)(C)C)C(=O)N2C[C@H](OC(=O)N4Cc5cccc(F)c5C4)C[C@H]2C(=O)N3)cc1C. The van der Waals surface area contributed by atoms with Crippen molar-refractivity contribution < 1.29 is 46.3 Å². The first-order valence-corrected chi connectivity index (χ1v) is 21.4. The predicted molar refractivity (Wildman–Crippen MR) is 207 cm³/mol. The second-order valence-electron chi connectivity index (χ2n) is 17.0. The third-order valence-electron chi connectivity index (χ3n) is 11.4. The van der Waals surface area contributed by atoms with Crippen molar-refractivity contribution in [2.75, 3.05) is 6.54 Å². The Morgan fingerprint density at radius 1 is 0.982 bits per heavy atom. The van der Waals surface area contributed by atoms with Crippen LogP contribution in [0.15, 0.2) is 36.4 Å². The van der Waals surface area contributed by atoms with Crippen LogP contribution in [0, 0.1) is 25.6 Å². The van der Waals surface area contributed by atoms with Crippen molar-refractivity contribution in [2.45, 2.75) is 141 Å². The molecule has 3 fully saturated rings.